The molecule has 1 fully saturated rings. The van der Waals surface area contributed by atoms with E-state index in [-0.39, 0.29) is 5.95 Å². The van der Waals surface area contributed by atoms with Crippen LogP contribution >= 0.6 is 0 Å². The number of nitrogens with two attached hydrogens (primary N) is 1. The molecule has 0 radical (unpaired) electrons. The average molecular weight is 488 g/mol. The number of ether oxygens (including phenoxy) is 1. The van der Waals surface area contributed by atoms with Crippen LogP contribution in [0.5, 0.6) is 0 Å². The molecule has 0 unspecified atom stereocenters. The fourth-order valence-corrected chi connectivity index (χ4v) is 5.56. The summed E-state index contributed by atoms with van der Waals surface area (Å²) in [5.41, 5.74) is 0.597. The van der Waals surface area contributed by atoms with Gasteiger partial charge in [-0.1, -0.05) is 19.3 Å². The van der Waals surface area contributed by atoms with Gasteiger partial charge in [0.15, 0.2) is 0 Å². The fourth-order valence-electron chi connectivity index (χ4n) is 4.97. The molecule has 1 aliphatic carbocycles. The van der Waals surface area contributed by atoms with E-state index < -0.39 is 26.3 Å². The molecule has 0 amide bonds. The highest BCUT2D eigenvalue weighted by atomic mass is 32.2. The topological polar surface area (TPSA) is 128 Å². The number of halogens is 1. The Morgan fingerprint density at radius 3 is 2.65 bits per heavy atom. The van der Waals surface area contributed by atoms with Crippen LogP contribution in [0.3, 0.4) is 0 Å². The molecule has 1 saturated carbocycles. The zero-order valence-electron chi connectivity index (χ0n) is 19.0. The Labute approximate surface area is 196 Å². The predicted molar refractivity (Wildman–Crippen MR) is 127 cm³/mol. The number of anilines is 3. The summed E-state index contributed by atoms with van der Waals surface area (Å²) in [5, 5.41) is 15.6. The zero-order valence-corrected chi connectivity index (χ0v) is 19.8. The number of hydrogen-bond acceptors (Lipinski definition) is 8. The molecule has 10 nitrogen and oxygen atoms in total. The van der Waals surface area contributed by atoms with Crippen LogP contribution in [0, 0.1) is 5.82 Å². The van der Waals surface area contributed by atoms with E-state index in [2.05, 4.69) is 14.9 Å². The minimum absolute atomic E-state index is 0.256. The predicted octanol–water partition coefficient (Wildman–Crippen LogP) is 3.42. The van der Waals surface area contributed by atoms with Crippen molar-refractivity contribution in [2.45, 2.75) is 49.5 Å². The molecule has 5 rings (SSSR count). The lowest BCUT2D eigenvalue weighted by molar-refractivity contribution is 0.221. The van der Waals surface area contributed by atoms with Gasteiger partial charge in [-0.05, 0) is 44.0 Å². The van der Waals surface area contributed by atoms with E-state index in [0.29, 0.717) is 18.1 Å². The molecular formula is C22H26FN7O3S. The molecule has 3 N–H and O–H groups in total. The van der Waals surface area contributed by atoms with Crippen LogP contribution in [0.25, 0.3) is 11.0 Å². The minimum atomic E-state index is -4.15. The van der Waals surface area contributed by atoms with E-state index in [0.717, 1.165) is 61.1 Å². The third-order valence-electron chi connectivity index (χ3n) is 6.49. The van der Waals surface area contributed by atoms with Crippen LogP contribution in [-0.2, 0) is 20.3 Å². The number of primary sulfonamides is 1. The molecule has 2 aliphatic rings. The van der Waals surface area contributed by atoms with Gasteiger partial charge in [-0.2, -0.15) is 4.98 Å². The Morgan fingerprint density at radius 1 is 1.24 bits per heavy atom. The molecule has 34 heavy (non-hydrogen) atoms. The van der Waals surface area contributed by atoms with Crippen molar-refractivity contribution in [1.29, 1.82) is 0 Å². The van der Waals surface area contributed by atoms with Crippen LogP contribution in [0.4, 0.5) is 21.8 Å². The molecule has 1 aromatic carbocycles. The van der Waals surface area contributed by atoms with Gasteiger partial charge in [0.1, 0.15) is 27.7 Å². The number of aromatic nitrogens is 3. The van der Waals surface area contributed by atoms with Crippen molar-refractivity contribution >= 4 is 44.4 Å². The summed E-state index contributed by atoms with van der Waals surface area (Å²) in [6, 6.07) is 5.61. The van der Waals surface area contributed by atoms with Gasteiger partial charge in [-0.25, -0.2) is 27.9 Å². The van der Waals surface area contributed by atoms with Gasteiger partial charge in [0, 0.05) is 23.8 Å². The van der Waals surface area contributed by atoms with E-state index in [4.69, 9.17) is 20.0 Å². The second kappa shape index (κ2) is 8.20. The van der Waals surface area contributed by atoms with Gasteiger partial charge in [0.25, 0.3) is 0 Å². The van der Waals surface area contributed by atoms with Crippen molar-refractivity contribution in [3.8, 4) is 0 Å². The molecule has 12 heteroatoms. The molecule has 2 aromatic heterocycles. The van der Waals surface area contributed by atoms with Gasteiger partial charge in [0.2, 0.25) is 21.9 Å². The molecule has 3 heterocycles. The van der Waals surface area contributed by atoms with Gasteiger partial charge >= 0.3 is 0 Å². The third-order valence-corrected chi connectivity index (χ3v) is 7.44. The monoisotopic (exact) mass is 487 g/mol. The van der Waals surface area contributed by atoms with Crippen molar-refractivity contribution in [1.82, 2.24) is 14.5 Å². The number of hydrazone groups is 1. The quantitative estimate of drug-likeness (QED) is 0.577. The van der Waals surface area contributed by atoms with E-state index in [9.17, 15) is 12.8 Å². The molecule has 0 atom stereocenters. The number of rotatable bonds is 4. The Hall–Kier alpha value is -3.25. The van der Waals surface area contributed by atoms with Crippen molar-refractivity contribution in [3.05, 3.63) is 36.3 Å². The summed E-state index contributed by atoms with van der Waals surface area (Å²) in [5.74, 6) is 0.906. The maximum absolute atomic E-state index is 14.3. The van der Waals surface area contributed by atoms with E-state index in [1.807, 2.05) is 18.0 Å². The van der Waals surface area contributed by atoms with E-state index in [1.165, 1.54) is 6.07 Å². The highest BCUT2D eigenvalue weighted by Crippen LogP contribution is 2.45. The lowest BCUT2D eigenvalue weighted by atomic mass is 9.80. The maximum atomic E-state index is 14.3. The minimum Gasteiger partial charge on any atom is -0.481 e. The second-order valence-corrected chi connectivity index (χ2v) is 10.1. The van der Waals surface area contributed by atoms with Crippen LogP contribution < -0.4 is 15.5 Å². The number of hydrogen-bond donors (Lipinski definition) is 2. The van der Waals surface area contributed by atoms with Crippen LogP contribution in [0.1, 0.15) is 39.0 Å². The highest BCUT2D eigenvalue weighted by molar-refractivity contribution is 7.89. The molecule has 0 saturated heterocycles. The first-order chi connectivity index (χ1) is 16.3. The SMILES string of the molecule is CCN1N=C(OC)C2(CCCCC2)n2c1cc1cnc(Nc3ccc(S(N)(=O)=O)c(F)c3)nc12. The Kier molecular flexibility index (Phi) is 5.44. The summed E-state index contributed by atoms with van der Waals surface area (Å²) in [6.45, 7) is 2.68. The summed E-state index contributed by atoms with van der Waals surface area (Å²) in [4.78, 5) is 8.58. The highest BCUT2D eigenvalue weighted by Gasteiger charge is 2.46. The lowest BCUT2D eigenvalue weighted by Crippen LogP contribution is -2.49. The molecule has 180 valence electrons. The van der Waals surface area contributed by atoms with Gasteiger partial charge in [0.05, 0.1) is 7.11 Å². The van der Waals surface area contributed by atoms with Crippen molar-refractivity contribution in [3.63, 3.8) is 0 Å². The lowest BCUT2D eigenvalue weighted by Gasteiger charge is -2.43. The second-order valence-electron chi connectivity index (χ2n) is 8.54. The third kappa shape index (κ3) is 3.57. The van der Waals surface area contributed by atoms with Crippen molar-refractivity contribution in [2.24, 2.45) is 10.2 Å². The largest absolute Gasteiger partial charge is 0.481 e. The molecular weight excluding hydrogens is 461 g/mol. The summed E-state index contributed by atoms with van der Waals surface area (Å²) in [7, 11) is -2.50. The summed E-state index contributed by atoms with van der Waals surface area (Å²) in [6.07, 6.45) is 6.76. The van der Waals surface area contributed by atoms with Crippen LogP contribution in [0.15, 0.2) is 40.5 Å². The number of fused-ring (bicyclic) bond motifs is 4. The Bertz CT molecular complexity index is 1400. The van der Waals surface area contributed by atoms with Crippen LogP contribution in [-0.4, -0.2) is 42.5 Å². The maximum Gasteiger partial charge on any atom is 0.240 e. The normalized spacial score (nSPS) is 17.5. The zero-order chi connectivity index (χ0) is 24.1. The number of methoxy groups -OCH3 is 1. The van der Waals surface area contributed by atoms with Crippen LogP contribution in [0.2, 0.25) is 0 Å². The fraction of sp³-hybridized carbons (Fsp3) is 0.409. The van der Waals surface area contributed by atoms with Crippen molar-refractivity contribution in [2.75, 3.05) is 24.0 Å². The smallest absolute Gasteiger partial charge is 0.240 e. The summed E-state index contributed by atoms with van der Waals surface area (Å²) < 4.78 is 45.3. The molecule has 1 spiro atoms. The van der Waals surface area contributed by atoms with Gasteiger partial charge in [-0.15, -0.1) is 5.10 Å². The molecule has 3 aromatic rings. The first-order valence-electron chi connectivity index (χ1n) is 11.2. The number of nitrogens with one attached hydrogen (secondary N) is 1. The van der Waals surface area contributed by atoms with Gasteiger partial charge < -0.3 is 10.1 Å². The van der Waals surface area contributed by atoms with E-state index in [1.54, 1.807) is 13.3 Å². The van der Waals surface area contributed by atoms with Crippen molar-refractivity contribution < 1.29 is 17.5 Å². The number of benzene rings is 1. The molecule has 0 bridgehead atoms. The summed E-state index contributed by atoms with van der Waals surface area (Å²) >= 11 is 0. The van der Waals surface area contributed by atoms with E-state index >= 15 is 0 Å². The Balaban J connectivity index is 1.60. The first-order valence-corrected chi connectivity index (χ1v) is 12.7. The number of nitrogens with zero attached hydrogens (tertiary/aromatic N) is 5. The Morgan fingerprint density at radius 2 is 2.00 bits per heavy atom. The first kappa shape index (κ1) is 22.5. The number of sulfonamides is 1. The molecule has 1 aliphatic heterocycles. The van der Waals surface area contributed by atoms with Gasteiger partial charge in [-0.3, -0.25) is 4.57 Å². The average Bonchev–Trinajstić information content (AvgIpc) is 3.19. The standard InChI is InChI=1S/C22H26FN7O3S/c1-3-29-18-11-14-13-25-21(26-15-7-8-17(16(23)12-15)34(24,31)32)27-19(14)30(18)22(20(28-29)33-2)9-5-4-6-10-22/h7-8,11-13H,3-6,9-10H2,1-2H3,(H2,24,31,32)(H,25,26,27).